The molecule has 1 amide bonds. The molecule has 0 fully saturated rings. The lowest BCUT2D eigenvalue weighted by Crippen LogP contribution is -2.20. The Balaban J connectivity index is 1.77. The van der Waals surface area contributed by atoms with Crippen LogP contribution in [-0.4, -0.2) is 30.3 Å². The predicted molar refractivity (Wildman–Crippen MR) is 107 cm³/mol. The van der Waals surface area contributed by atoms with Crippen molar-refractivity contribution in [2.75, 3.05) is 19.5 Å². The van der Waals surface area contributed by atoms with Crippen molar-refractivity contribution in [3.05, 3.63) is 54.1 Å². The number of hydrogen-bond donors (Lipinski definition) is 1. The van der Waals surface area contributed by atoms with Crippen LogP contribution < -0.4 is 14.8 Å². The van der Waals surface area contributed by atoms with Crippen LogP contribution in [0.2, 0.25) is 0 Å². The van der Waals surface area contributed by atoms with Gasteiger partial charge in [-0.15, -0.1) is 10.2 Å². The summed E-state index contributed by atoms with van der Waals surface area (Å²) in [5.74, 6) is 0.956. The van der Waals surface area contributed by atoms with Crippen molar-refractivity contribution in [2.24, 2.45) is 0 Å². The number of aromatic nitrogens is 2. The lowest BCUT2D eigenvalue weighted by Gasteiger charge is -2.13. The summed E-state index contributed by atoms with van der Waals surface area (Å²) in [5, 5.41) is 12.3. The van der Waals surface area contributed by atoms with E-state index in [9.17, 15) is 4.79 Å². The normalized spacial score (nSPS) is 11.7. The van der Waals surface area contributed by atoms with Crippen molar-refractivity contribution in [1.29, 1.82) is 0 Å². The maximum absolute atomic E-state index is 12.7. The van der Waals surface area contributed by atoms with Gasteiger partial charge in [0.2, 0.25) is 11.0 Å². The number of rotatable bonds is 7. The number of ether oxygens (including phenoxy) is 2. The van der Waals surface area contributed by atoms with E-state index in [1.807, 2.05) is 55.5 Å². The van der Waals surface area contributed by atoms with E-state index in [2.05, 4.69) is 15.5 Å². The molecule has 140 valence electrons. The zero-order valence-electron chi connectivity index (χ0n) is 15.4. The fourth-order valence-corrected chi connectivity index (χ4v) is 3.55. The fourth-order valence-electron chi connectivity index (χ4n) is 2.81. The van der Waals surface area contributed by atoms with Gasteiger partial charge in [-0.3, -0.25) is 10.1 Å². The molecule has 1 heterocycles. The highest BCUT2D eigenvalue weighted by Gasteiger charge is 2.20. The molecule has 1 aromatic heterocycles. The molecule has 3 aromatic rings. The topological polar surface area (TPSA) is 73.3 Å². The number of anilines is 1. The number of methoxy groups -OCH3 is 2. The van der Waals surface area contributed by atoms with Gasteiger partial charge in [0.1, 0.15) is 5.01 Å². The van der Waals surface area contributed by atoms with Gasteiger partial charge >= 0.3 is 0 Å². The van der Waals surface area contributed by atoms with Crippen molar-refractivity contribution in [1.82, 2.24) is 10.2 Å². The number of hydrogen-bond acceptors (Lipinski definition) is 6. The fraction of sp³-hybridized carbons (Fsp3) is 0.250. The maximum Gasteiger partial charge on any atom is 0.233 e. The molecule has 0 aliphatic rings. The molecule has 0 unspecified atom stereocenters. The Kier molecular flexibility index (Phi) is 6.03. The molecule has 1 atom stereocenters. The van der Waals surface area contributed by atoms with E-state index in [0.717, 1.165) is 11.1 Å². The molecule has 0 aliphatic heterocycles. The quantitative estimate of drug-likeness (QED) is 0.656. The zero-order chi connectivity index (χ0) is 19.2. The summed E-state index contributed by atoms with van der Waals surface area (Å²) >= 11 is 1.32. The van der Waals surface area contributed by atoms with Gasteiger partial charge in [-0.05, 0) is 30.2 Å². The van der Waals surface area contributed by atoms with Crippen LogP contribution in [0.15, 0.2) is 48.5 Å². The Morgan fingerprint density at radius 2 is 1.81 bits per heavy atom. The second kappa shape index (κ2) is 8.64. The first-order valence-corrected chi connectivity index (χ1v) is 9.39. The highest BCUT2D eigenvalue weighted by Crippen LogP contribution is 2.34. The number of amides is 1. The third-order valence-corrected chi connectivity index (χ3v) is 5.10. The Morgan fingerprint density at radius 1 is 1.07 bits per heavy atom. The molecule has 3 rings (SSSR count). The lowest BCUT2D eigenvalue weighted by atomic mass is 9.96. The maximum atomic E-state index is 12.7. The molecular weight excluding hydrogens is 362 g/mol. The number of nitrogens with one attached hydrogen (secondary N) is 1. The predicted octanol–water partition coefficient (Wildman–Crippen LogP) is 4.35. The number of benzene rings is 2. The summed E-state index contributed by atoms with van der Waals surface area (Å²) in [6.07, 6.45) is 0.706. The van der Waals surface area contributed by atoms with Crippen LogP contribution in [0.25, 0.3) is 10.6 Å². The first-order valence-electron chi connectivity index (χ1n) is 8.58. The summed E-state index contributed by atoms with van der Waals surface area (Å²) in [6, 6.07) is 15.3. The first kappa shape index (κ1) is 18.8. The zero-order valence-corrected chi connectivity index (χ0v) is 16.2. The Bertz CT molecular complexity index is 912. The van der Waals surface area contributed by atoms with E-state index in [4.69, 9.17) is 9.47 Å². The van der Waals surface area contributed by atoms with E-state index >= 15 is 0 Å². The van der Waals surface area contributed by atoms with Gasteiger partial charge in [-0.2, -0.15) is 0 Å². The summed E-state index contributed by atoms with van der Waals surface area (Å²) < 4.78 is 10.6. The van der Waals surface area contributed by atoms with Crippen molar-refractivity contribution in [2.45, 2.75) is 19.3 Å². The van der Waals surface area contributed by atoms with Crippen molar-refractivity contribution in [3.63, 3.8) is 0 Å². The highest BCUT2D eigenvalue weighted by atomic mass is 32.1. The molecule has 0 saturated heterocycles. The molecule has 0 spiro atoms. The number of carbonyl (C=O) groups is 1. The molecular formula is C20H21N3O3S. The van der Waals surface area contributed by atoms with Crippen LogP contribution in [-0.2, 0) is 4.79 Å². The van der Waals surface area contributed by atoms with Gasteiger partial charge in [0.15, 0.2) is 11.5 Å². The average Bonchev–Trinajstić information content (AvgIpc) is 3.17. The SMILES string of the molecule is CC[C@@H](C(=O)Nc1nnc(-c2ccc(OC)c(OC)c2)s1)c1ccccc1. The van der Waals surface area contributed by atoms with Gasteiger partial charge in [-0.25, -0.2) is 0 Å². The van der Waals surface area contributed by atoms with Crippen molar-refractivity contribution < 1.29 is 14.3 Å². The summed E-state index contributed by atoms with van der Waals surface area (Å²) in [4.78, 5) is 12.7. The van der Waals surface area contributed by atoms with E-state index < -0.39 is 0 Å². The molecule has 2 aromatic carbocycles. The average molecular weight is 383 g/mol. The number of nitrogens with zero attached hydrogens (tertiary/aromatic N) is 2. The van der Waals surface area contributed by atoms with Gasteiger partial charge in [0.25, 0.3) is 0 Å². The van der Waals surface area contributed by atoms with E-state index in [1.165, 1.54) is 11.3 Å². The molecule has 7 heteroatoms. The Hall–Kier alpha value is -2.93. The first-order chi connectivity index (χ1) is 13.2. The minimum atomic E-state index is -0.223. The van der Waals surface area contributed by atoms with Crippen LogP contribution in [0.4, 0.5) is 5.13 Å². The van der Waals surface area contributed by atoms with Crippen molar-refractivity contribution in [3.8, 4) is 22.1 Å². The third-order valence-electron chi connectivity index (χ3n) is 4.21. The Labute approximate surface area is 162 Å². The standard InChI is InChI=1S/C20H21N3O3S/c1-4-15(13-8-6-5-7-9-13)18(24)21-20-23-22-19(27-20)14-10-11-16(25-2)17(12-14)26-3/h5-12,15H,4H2,1-3H3,(H,21,23,24)/t15-/m1/s1. The smallest absolute Gasteiger partial charge is 0.233 e. The van der Waals surface area contributed by atoms with Crippen molar-refractivity contribution >= 4 is 22.4 Å². The Morgan fingerprint density at radius 3 is 2.48 bits per heavy atom. The highest BCUT2D eigenvalue weighted by molar-refractivity contribution is 7.18. The van der Waals surface area contributed by atoms with E-state index in [0.29, 0.717) is 28.1 Å². The molecule has 0 aliphatic carbocycles. The molecule has 27 heavy (non-hydrogen) atoms. The largest absolute Gasteiger partial charge is 0.493 e. The second-order valence-electron chi connectivity index (χ2n) is 5.84. The van der Waals surface area contributed by atoms with E-state index in [-0.39, 0.29) is 11.8 Å². The summed E-state index contributed by atoms with van der Waals surface area (Å²) in [6.45, 7) is 1.99. The van der Waals surface area contributed by atoms with Gasteiger partial charge < -0.3 is 9.47 Å². The number of carbonyl (C=O) groups excluding carboxylic acids is 1. The van der Waals surface area contributed by atoms with Gasteiger partial charge in [0, 0.05) is 5.56 Å². The molecule has 6 nitrogen and oxygen atoms in total. The molecule has 0 bridgehead atoms. The van der Waals surface area contributed by atoms with Crippen LogP contribution in [0, 0.1) is 0 Å². The van der Waals surface area contributed by atoms with Crippen LogP contribution >= 0.6 is 11.3 Å². The minimum absolute atomic E-state index is 0.0845. The van der Waals surface area contributed by atoms with Gasteiger partial charge in [0.05, 0.1) is 20.1 Å². The van der Waals surface area contributed by atoms with E-state index in [1.54, 1.807) is 14.2 Å². The van der Waals surface area contributed by atoms with Gasteiger partial charge in [-0.1, -0.05) is 48.6 Å². The van der Waals surface area contributed by atoms with Crippen LogP contribution in [0.1, 0.15) is 24.8 Å². The third kappa shape index (κ3) is 4.25. The van der Waals surface area contributed by atoms with Crippen LogP contribution in [0.3, 0.4) is 0 Å². The summed E-state index contributed by atoms with van der Waals surface area (Å²) in [7, 11) is 3.18. The van der Waals surface area contributed by atoms with Crippen LogP contribution in [0.5, 0.6) is 11.5 Å². The molecule has 1 N–H and O–H groups in total. The molecule has 0 radical (unpaired) electrons. The molecule has 0 saturated carbocycles. The second-order valence-corrected chi connectivity index (χ2v) is 6.82. The summed E-state index contributed by atoms with van der Waals surface area (Å²) in [5.41, 5.74) is 1.84. The lowest BCUT2D eigenvalue weighted by molar-refractivity contribution is -0.117. The monoisotopic (exact) mass is 383 g/mol. The minimum Gasteiger partial charge on any atom is -0.493 e.